The fourth-order valence-corrected chi connectivity index (χ4v) is 1.84. The second kappa shape index (κ2) is 25.2. The van der Waals surface area contributed by atoms with Gasteiger partial charge in [0.2, 0.25) is 0 Å². The van der Waals surface area contributed by atoms with Gasteiger partial charge in [-0.1, -0.05) is 0 Å². The molecule has 0 spiro atoms. The first-order valence-electron chi connectivity index (χ1n) is 10.1. The highest BCUT2D eigenvalue weighted by Crippen LogP contribution is 1.86. The van der Waals surface area contributed by atoms with Crippen LogP contribution in [-0.4, -0.2) is 117 Å². The number of ether oxygens (including phenoxy) is 8. The Morgan fingerprint density at radius 2 is 0.724 bits per heavy atom. The van der Waals surface area contributed by atoms with Gasteiger partial charge >= 0.3 is 5.97 Å². The third kappa shape index (κ3) is 27.1. The van der Waals surface area contributed by atoms with Crippen molar-refractivity contribution in [3.8, 4) is 0 Å². The van der Waals surface area contributed by atoms with Crippen molar-refractivity contribution in [3.63, 3.8) is 0 Å². The average molecular weight is 427 g/mol. The zero-order valence-electron chi connectivity index (χ0n) is 17.6. The fraction of sp³-hybridized carbons (Fsp3) is 0.947. The van der Waals surface area contributed by atoms with Gasteiger partial charge in [-0.2, -0.15) is 0 Å². The second-order valence-corrected chi connectivity index (χ2v) is 5.63. The summed E-state index contributed by atoms with van der Waals surface area (Å²) in [7, 11) is 0. The van der Waals surface area contributed by atoms with Gasteiger partial charge < -0.3 is 43.0 Å². The molecule has 10 nitrogen and oxygen atoms in total. The Labute approximate surface area is 173 Å². The topological polar surface area (TPSA) is 111 Å². The molecule has 0 aliphatic carbocycles. The van der Waals surface area contributed by atoms with E-state index in [1.165, 1.54) is 0 Å². The van der Waals surface area contributed by atoms with Gasteiger partial charge in [0.15, 0.2) is 0 Å². The standard InChI is InChI=1S/C19H38O10/c1-2-22-5-6-24-9-10-26-13-14-28-17-18-29-16-15-27-12-11-25-8-7-23-4-3-19(20)21/h2-18H2,1H3,(H,20,21). The normalized spacial score (nSPS) is 11.2. The molecule has 0 aliphatic rings. The maximum absolute atomic E-state index is 10.3. The predicted octanol–water partition coefficient (Wildman–Crippen LogP) is 0.614. The first kappa shape index (κ1) is 28.1. The van der Waals surface area contributed by atoms with Crippen LogP contribution < -0.4 is 0 Å². The summed E-state index contributed by atoms with van der Waals surface area (Å²) in [5.41, 5.74) is 0. The minimum atomic E-state index is -0.868. The van der Waals surface area contributed by atoms with E-state index in [4.69, 9.17) is 43.0 Å². The van der Waals surface area contributed by atoms with Gasteiger partial charge in [0.1, 0.15) is 0 Å². The predicted molar refractivity (Wildman–Crippen MR) is 104 cm³/mol. The molecule has 0 heterocycles. The molecule has 0 bridgehead atoms. The average Bonchev–Trinajstić information content (AvgIpc) is 2.71. The van der Waals surface area contributed by atoms with Crippen LogP contribution in [0.25, 0.3) is 0 Å². The first-order chi connectivity index (χ1) is 14.3. The van der Waals surface area contributed by atoms with Crippen molar-refractivity contribution < 1.29 is 47.8 Å². The van der Waals surface area contributed by atoms with Crippen LogP contribution >= 0.6 is 0 Å². The lowest BCUT2D eigenvalue weighted by atomic mass is 10.5. The van der Waals surface area contributed by atoms with Crippen molar-refractivity contribution in [2.75, 3.05) is 106 Å². The molecule has 0 aromatic heterocycles. The third-order valence-electron chi connectivity index (χ3n) is 3.27. The zero-order valence-corrected chi connectivity index (χ0v) is 17.6. The number of carbonyl (C=O) groups is 1. The maximum Gasteiger partial charge on any atom is 0.305 e. The molecule has 10 heteroatoms. The largest absolute Gasteiger partial charge is 0.481 e. The van der Waals surface area contributed by atoms with Crippen LogP contribution in [0.2, 0.25) is 0 Å². The highest BCUT2D eigenvalue weighted by Gasteiger charge is 1.97. The summed E-state index contributed by atoms with van der Waals surface area (Å²) in [6, 6.07) is 0. The van der Waals surface area contributed by atoms with E-state index in [9.17, 15) is 4.79 Å². The third-order valence-corrected chi connectivity index (χ3v) is 3.27. The Balaban J connectivity index is 2.99. The molecule has 174 valence electrons. The summed E-state index contributed by atoms with van der Waals surface area (Å²) in [6.07, 6.45) is 0.00706. The van der Waals surface area contributed by atoms with Crippen LogP contribution in [0.3, 0.4) is 0 Å². The Hall–Kier alpha value is -0.850. The van der Waals surface area contributed by atoms with Crippen LogP contribution in [0, 0.1) is 0 Å². The lowest BCUT2D eigenvalue weighted by Crippen LogP contribution is -2.15. The maximum atomic E-state index is 10.3. The minimum absolute atomic E-state index is 0.00706. The highest BCUT2D eigenvalue weighted by molar-refractivity contribution is 5.66. The molecule has 0 saturated heterocycles. The van der Waals surface area contributed by atoms with E-state index in [0.717, 1.165) is 0 Å². The van der Waals surface area contributed by atoms with Gasteiger partial charge in [-0.25, -0.2) is 0 Å². The molecule has 0 rings (SSSR count). The van der Waals surface area contributed by atoms with Gasteiger partial charge in [0.05, 0.1) is 106 Å². The highest BCUT2D eigenvalue weighted by atomic mass is 16.6. The minimum Gasteiger partial charge on any atom is -0.481 e. The molecule has 0 fully saturated rings. The molecule has 0 aromatic carbocycles. The molecule has 0 atom stereocenters. The number of hydrogen-bond donors (Lipinski definition) is 1. The molecular formula is C19H38O10. The lowest BCUT2D eigenvalue weighted by molar-refractivity contribution is -0.138. The van der Waals surface area contributed by atoms with Crippen LogP contribution in [0.1, 0.15) is 13.3 Å². The molecule has 29 heavy (non-hydrogen) atoms. The monoisotopic (exact) mass is 426 g/mol. The quantitative estimate of drug-likeness (QED) is 0.208. The SMILES string of the molecule is CCOCCOCCOCCOCCOCCOCCOCCOCCC(=O)O. The zero-order chi connectivity index (χ0) is 21.3. The Morgan fingerprint density at radius 1 is 0.483 bits per heavy atom. The molecule has 0 saturated carbocycles. The van der Waals surface area contributed by atoms with Crippen molar-refractivity contribution in [1.29, 1.82) is 0 Å². The molecule has 0 unspecified atom stereocenters. The Bertz CT molecular complexity index is 330. The van der Waals surface area contributed by atoms with E-state index in [2.05, 4.69) is 0 Å². The van der Waals surface area contributed by atoms with E-state index in [-0.39, 0.29) is 13.0 Å². The molecule has 0 amide bonds. The van der Waals surface area contributed by atoms with Crippen LogP contribution in [0.15, 0.2) is 0 Å². The number of carboxylic acids is 1. The van der Waals surface area contributed by atoms with Gasteiger partial charge in [-0.15, -0.1) is 0 Å². The van der Waals surface area contributed by atoms with Crippen molar-refractivity contribution in [3.05, 3.63) is 0 Å². The Kier molecular flexibility index (Phi) is 24.4. The number of rotatable bonds is 25. The second-order valence-electron chi connectivity index (χ2n) is 5.63. The summed E-state index contributed by atoms with van der Waals surface area (Å²) >= 11 is 0. The smallest absolute Gasteiger partial charge is 0.305 e. The van der Waals surface area contributed by atoms with Crippen LogP contribution in [0.4, 0.5) is 0 Å². The van der Waals surface area contributed by atoms with E-state index in [1.807, 2.05) is 6.92 Å². The van der Waals surface area contributed by atoms with E-state index < -0.39 is 5.97 Å². The van der Waals surface area contributed by atoms with Crippen molar-refractivity contribution in [2.24, 2.45) is 0 Å². The van der Waals surface area contributed by atoms with Crippen molar-refractivity contribution in [2.45, 2.75) is 13.3 Å². The molecule has 0 aliphatic heterocycles. The van der Waals surface area contributed by atoms with E-state index in [0.29, 0.717) is 99.1 Å². The first-order valence-corrected chi connectivity index (χ1v) is 10.1. The molecular weight excluding hydrogens is 388 g/mol. The Morgan fingerprint density at radius 3 is 0.966 bits per heavy atom. The summed E-state index contributed by atoms with van der Waals surface area (Å²) in [6.45, 7) is 9.97. The van der Waals surface area contributed by atoms with Gasteiger partial charge in [-0.3, -0.25) is 4.79 Å². The summed E-state index contributed by atoms with van der Waals surface area (Å²) < 4.78 is 42.4. The molecule has 0 radical (unpaired) electrons. The van der Waals surface area contributed by atoms with Gasteiger partial charge in [-0.05, 0) is 6.92 Å². The fourth-order valence-electron chi connectivity index (χ4n) is 1.84. The summed E-state index contributed by atoms with van der Waals surface area (Å²) in [5, 5.41) is 8.43. The lowest BCUT2D eigenvalue weighted by Gasteiger charge is -2.08. The van der Waals surface area contributed by atoms with Gasteiger partial charge in [0.25, 0.3) is 0 Å². The van der Waals surface area contributed by atoms with Crippen LogP contribution in [0.5, 0.6) is 0 Å². The molecule has 0 aromatic rings. The van der Waals surface area contributed by atoms with Crippen LogP contribution in [-0.2, 0) is 42.7 Å². The van der Waals surface area contributed by atoms with Gasteiger partial charge in [0, 0.05) is 6.61 Å². The van der Waals surface area contributed by atoms with E-state index in [1.54, 1.807) is 0 Å². The summed E-state index contributed by atoms with van der Waals surface area (Å²) in [5.74, 6) is -0.868. The van der Waals surface area contributed by atoms with E-state index >= 15 is 0 Å². The number of hydrogen-bond acceptors (Lipinski definition) is 9. The summed E-state index contributed by atoms with van der Waals surface area (Å²) in [4.78, 5) is 10.3. The van der Waals surface area contributed by atoms with Crippen molar-refractivity contribution >= 4 is 5.97 Å². The number of aliphatic carboxylic acids is 1. The number of carboxylic acid groups (broad SMARTS) is 1. The van der Waals surface area contributed by atoms with Crippen molar-refractivity contribution in [1.82, 2.24) is 0 Å². The molecule has 1 N–H and O–H groups in total.